The summed E-state index contributed by atoms with van der Waals surface area (Å²) in [6, 6.07) is 4.85. The Morgan fingerprint density at radius 1 is 1.44 bits per heavy atom. The lowest BCUT2D eigenvalue weighted by Gasteiger charge is -2.09. The van der Waals surface area contributed by atoms with Gasteiger partial charge in [-0.3, -0.25) is 4.79 Å². The second-order valence-corrected chi connectivity index (χ2v) is 4.64. The average molecular weight is 326 g/mol. The molecule has 0 aliphatic heterocycles. The molecule has 3 nitrogen and oxygen atoms in total. The first-order chi connectivity index (χ1) is 7.47. The van der Waals surface area contributed by atoms with Gasteiger partial charge in [-0.2, -0.15) is 0 Å². The molecule has 1 aromatic carbocycles. The molecule has 86 valence electrons. The summed E-state index contributed by atoms with van der Waals surface area (Å²) in [6.07, 6.45) is 0. The van der Waals surface area contributed by atoms with Gasteiger partial charge >= 0.3 is 5.97 Å². The van der Waals surface area contributed by atoms with E-state index in [2.05, 4.69) is 20.7 Å². The lowest BCUT2D eigenvalue weighted by atomic mass is 10.1. The van der Waals surface area contributed by atoms with Crippen LogP contribution in [0.3, 0.4) is 0 Å². The number of esters is 1. The minimum Gasteiger partial charge on any atom is -0.463 e. The fourth-order valence-corrected chi connectivity index (χ4v) is 2.17. The van der Waals surface area contributed by atoms with E-state index < -0.39 is 17.1 Å². The molecule has 0 saturated heterocycles. The second kappa shape index (κ2) is 5.66. The fourth-order valence-electron chi connectivity index (χ4n) is 1.05. The number of carbonyl (C=O) groups excluding carboxylic acids is 2. The number of Topliss-reactive ketones (excluding diaryl/α,β-unsaturated/α-hetero) is 1. The van der Waals surface area contributed by atoms with Crippen molar-refractivity contribution >= 4 is 50.9 Å². The maximum Gasteiger partial charge on any atom is 0.376 e. The van der Waals surface area contributed by atoms with Gasteiger partial charge in [-0.05, 0) is 17.7 Å². The Kier molecular flexibility index (Phi) is 4.77. The summed E-state index contributed by atoms with van der Waals surface area (Å²) in [4.78, 5) is 22.4. The van der Waals surface area contributed by atoms with Crippen LogP contribution in [0, 0.1) is 0 Å². The molecule has 0 fully saturated rings. The molecule has 0 spiro atoms. The normalized spacial score (nSPS) is 12.0. The average Bonchev–Trinajstić information content (AvgIpc) is 2.26. The fraction of sp³-hybridized carbons (Fsp3) is 0.200. The van der Waals surface area contributed by atoms with Crippen LogP contribution in [-0.2, 0) is 14.3 Å². The zero-order chi connectivity index (χ0) is 12.3. The van der Waals surface area contributed by atoms with E-state index >= 15 is 0 Å². The highest BCUT2D eigenvalue weighted by molar-refractivity contribution is 9.10. The SMILES string of the molecule is COC(=O)C(=O)C(Cl)c1ccc(Br)cc1Cl. The zero-order valence-corrected chi connectivity index (χ0v) is 11.3. The number of ketones is 1. The molecule has 0 amide bonds. The number of hydrogen-bond donors (Lipinski definition) is 0. The van der Waals surface area contributed by atoms with Gasteiger partial charge in [0, 0.05) is 9.50 Å². The maximum atomic E-state index is 11.4. The lowest BCUT2D eigenvalue weighted by molar-refractivity contribution is -0.151. The van der Waals surface area contributed by atoms with Gasteiger partial charge in [0.15, 0.2) is 0 Å². The van der Waals surface area contributed by atoms with Gasteiger partial charge in [0.2, 0.25) is 0 Å². The van der Waals surface area contributed by atoms with E-state index in [4.69, 9.17) is 23.2 Å². The Balaban J connectivity index is 3.01. The predicted octanol–water partition coefficient (Wildman–Crippen LogP) is 3.12. The van der Waals surface area contributed by atoms with Crippen LogP contribution in [0.1, 0.15) is 10.9 Å². The molecule has 0 aliphatic rings. The monoisotopic (exact) mass is 324 g/mol. The number of hydrogen-bond acceptors (Lipinski definition) is 3. The molecule has 1 atom stereocenters. The maximum absolute atomic E-state index is 11.4. The van der Waals surface area contributed by atoms with Crippen molar-refractivity contribution in [1.82, 2.24) is 0 Å². The number of alkyl halides is 1. The van der Waals surface area contributed by atoms with Gasteiger partial charge in [-0.1, -0.05) is 33.6 Å². The molecule has 6 heteroatoms. The van der Waals surface area contributed by atoms with E-state index in [1.54, 1.807) is 18.2 Å². The molecule has 1 rings (SSSR count). The van der Waals surface area contributed by atoms with Crippen LogP contribution < -0.4 is 0 Å². The first-order valence-corrected chi connectivity index (χ1v) is 5.79. The van der Waals surface area contributed by atoms with Crippen molar-refractivity contribution in [1.29, 1.82) is 0 Å². The largest absolute Gasteiger partial charge is 0.463 e. The summed E-state index contributed by atoms with van der Waals surface area (Å²) in [5.41, 5.74) is 0.377. The van der Waals surface area contributed by atoms with Gasteiger partial charge in [-0.25, -0.2) is 4.79 Å². The van der Waals surface area contributed by atoms with E-state index in [0.717, 1.165) is 11.6 Å². The minimum absolute atomic E-state index is 0.312. The van der Waals surface area contributed by atoms with E-state index in [9.17, 15) is 9.59 Å². The molecule has 0 heterocycles. The Labute approximate surface area is 111 Å². The molecule has 0 aromatic heterocycles. The van der Waals surface area contributed by atoms with Crippen molar-refractivity contribution in [3.63, 3.8) is 0 Å². The van der Waals surface area contributed by atoms with Crippen LogP contribution in [0.4, 0.5) is 0 Å². The van der Waals surface area contributed by atoms with Crippen molar-refractivity contribution in [2.75, 3.05) is 7.11 Å². The standard InChI is InChI=1S/C10H7BrCl2O3/c1-16-10(15)9(14)8(13)6-3-2-5(11)4-7(6)12/h2-4,8H,1H3. The molecule has 0 aliphatic carbocycles. The van der Waals surface area contributed by atoms with Crippen LogP contribution >= 0.6 is 39.1 Å². The van der Waals surface area contributed by atoms with Crippen molar-refractivity contribution in [3.05, 3.63) is 33.3 Å². The second-order valence-electron chi connectivity index (χ2n) is 2.88. The Bertz CT molecular complexity index is 434. The number of halogens is 3. The van der Waals surface area contributed by atoms with Gasteiger partial charge in [0.05, 0.1) is 7.11 Å². The topological polar surface area (TPSA) is 43.4 Å². The van der Waals surface area contributed by atoms with Gasteiger partial charge in [-0.15, -0.1) is 11.6 Å². The Morgan fingerprint density at radius 3 is 2.56 bits per heavy atom. The molecule has 0 bridgehead atoms. The van der Waals surface area contributed by atoms with E-state index in [0.29, 0.717) is 10.6 Å². The van der Waals surface area contributed by atoms with Crippen molar-refractivity contribution in [2.45, 2.75) is 5.38 Å². The summed E-state index contributed by atoms with van der Waals surface area (Å²) in [7, 11) is 1.12. The van der Waals surface area contributed by atoms with Gasteiger partial charge < -0.3 is 4.74 Å². The number of ether oxygens (including phenoxy) is 1. The number of carbonyl (C=O) groups is 2. The van der Waals surface area contributed by atoms with Gasteiger partial charge in [0.1, 0.15) is 5.38 Å². The van der Waals surface area contributed by atoms with Crippen molar-refractivity contribution in [2.24, 2.45) is 0 Å². The Morgan fingerprint density at radius 2 is 2.06 bits per heavy atom. The zero-order valence-electron chi connectivity index (χ0n) is 8.17. The molecule has 0 N–H and O–H groups in total. The van der Waals surface area contributed by atoms with Crippen LogP contribution in [0.2, 0.25) is 5.02 Å². The van der Waals surface area contributed by atoms with E-state index in [1.807, 2.05) is 0 Å². The summed E-state index contributed by atoms with van der Waals surface area (Å²) in [6.45, 7) is 0. The van der Waals surface area contributed by atoms with Crippen LogP contribution in [0.25, 0.3) is 0 Å². The first-order valence-electron chi connectivity index (χ1n) is 4.18. The molecular weight excluding hydrogens is 319 g/mol. The number of methoxy groups -OCH3 is 1. The van der Waals surface area contributed by atoms with Gasteiger partial charge in [0.25, 0.3) is 5.78 Å². The predicted molar refractivity (Wildman–Crippen MR) is 64.8 cm³/mol. The van der Waals surface area contributed by atoms with E-state index in [1.165, 1.54) is 0 Å². The highest BCUT2D eigenvalue weighted by Crippen LogP contribution is 2.31. The van der Waals surface area contributed by atoms with Crippen LogP contribution in [-0.4, -0.2) is 18.9 Å². The first kappa shape index (κ1) is 13.5. The van der Waals surface area contributed by atoms with Crippen LogP contribution in [0.5, 0.6) is 0 Å². The highest BCUT2D eigenvalue weighted by atomic mass is 79.9. The molecule has 0 saturated carbocycles. The van der Waals surface area contributed by atoms with Crippen molar-refractivity contribution < 1.29 is 14.3 Å². The van der Waals surface area contributed by atoms with E-state index in [-0.39, 0.29) is 0 Å². The third-order valence-corrected chi connectivity index (χ3v) is 3.11. The summed E-state index contributed by atoms with van der Waals surface area (Å²) < 4.78 is 5.05. The lowest BCUT2D eigenvalue weighted by Crippen LogP contribution is -2.20. The van der Waals surface area contributed by atoms with Crippen LogP contribution in [0.15, 0.2) is 22.7 Å². The summed E-state index contributed by atoms with van der Waals surface area (Å²) >= 11 is 15.0. The summed E-state index contributed by atoms with van der Waals surface area (Å²) in [5.74, 6) is -1.83. The quantitative estimate of drug-likeness (QED) is 0.487. The molecule has 1 aromatic rings. The molecule has 1 unspecified atom stereocenters. The third-order valence-electron chi connectivity index (χ3n) is 1.85. The third kappa shape index (κ3) is 2.97. The van der Waals surface area contributed by atoms with Crippen molar-refractivity contribution in [3.8, 4) is 0 Å². The molecule has 0 radical (unpaired) electrons. The Hall–Kier alpha value is -0.580. The number of benzene rings is 1. The smallest absolute Gasteiger partial charge is 0.376 e. The molecular formula is C10H7BrCl2O3. The number of rotatable bonds is 3. The minimum atomic E-state index is -1.13. The highest BCUT2D eigenvalue weighted by Gasteiger charge is 2.27. The summed E-state index contributed by atoms with van der Waals surface area (Å²) in [5, 5.41) is -0.820. The molecule has 16 heavy (non-hydrogen) atoms.